The molecule has 3 N–H and O–H groups in total. The van der Waals surface area contributed by atoms with E-state index in [0.29, 0.717) is 16.4 Å². The number of nitrogens with one attached hydrogen (secondary N) is 3. The van der Waals surface area contributed by atoms with Crippen LogP contribution < -0.4 is 16.0 Å². The number of anilines is 2. The van der Waals surface area contributed by atoms with Crippen LogP contribution in [0.1, 0.15) is 20.9 Å². The van der Waals surface area contributed by atoms with Gasteiger partial charge in [0.25, 0.3) is 11.8 Å². The second-order valence-corrected chi connectivity index (χ2v) is 6.71. The van der Waals surface area contributed by atoms with Crippen molar-refractivity contribution in [2.24, 2.45) is 0 Å². The molecular weight excluding hydrogens is 417 g/mol. The van der Waals surface area contributed by atoms with Gasteiger partial charge in [-0.2, -0.15) is 0 Å². The number of hydrogen-bond donors (Lipinski definition) is 3. The summed E-state index contributed by atoms with van der Waals surface area (Å²) in [4.78, 5) is 36.3. The number of benzene rings is 2. The zero-order valence-corrected chi connectivity index (χ0v) is 16.4. The van der Waals surface area contributed by atoms with Crippen LogP contribution in [0.3, 0.4) is 0 Å². The number of carbonyl (C=O) groups is 3. The molecule has 9 heteroatoms. The van der Waals surface area contributed by atoms with E-state index >= 15 is 0 Å². The summed E-state index contributed by atoms with van der Waals surface area (Å²) in [6, 6.07) is 14.2. The quantitative estimate of drug-likeness (QED) is 0.543. The molecule has 0 bridgehead atoms. The van der Waals surface area contributed by atoms with Gasteiger partial charge in [0.15, 0.2) is 5.76 Å². The van der Waals surface area contributed by atoms with E-state index in [2.05, 4.69) is 16.0 Å². The van der Waals surface area contributed by atoms with Crippen LogP contribution in [0.4, 0.5) is 11.4 Å². The van der Waals surface area contributed by atoms with Gasteiger partial charge in [-0.15, -0.1) is 0 Å². The maximum absolute atomic E-state index is 12.1. The van der Waals surface area contributed by atoms with Gasteiger partial charge in [-0.25, -0.2) is 0 Å². The lowest BCUT2D eigenvalue weighted by Crippen LogP contribution is -2.33. The average Bonchev–Trinajstić information content (AvgIpc) is 3.21. The van der Waals surface area contributed by atoms with E-state index < -0.39 is 17.7 Å². The first-order valence-corrected chi connectivity index (χ1v) is 9.16. The second kappa shape index (κ2) is 9.27. The van der Waals surface area contributed by atoms with E-state index in [-0.39, 0.29) is 22.9 Å². The Morgan fingerprint density at radius 3 is 2.31 bits per heavy atom. The molecule has 148 valence electrons. The van der Waals surface area contributed by atoms with E-state index in [0.717, 1.165) is 0 Å². The zero-order chi connectivity index (χ0) is 20.8. The second-order valence-electron chi connectivity index (χ2n) is 5.87. The van der Waals surface area contributed by atoms with Crippen LogP contribution in [0.5, 0.6) is 0 Å². The minimum absolute atomic E-state index is 0.169. The summed E-state index contributed by atoms with van der Waals surface area (Å²) >= 11 is 11.8. The van der Waals surface area contributed by atoms with Gasteiger partial charge < -0.3 is 20.4 Å². The van der Waals surface area contributed by atoms with Gasteiger partial charge in [-0.3, -0.25) is 14.4 Å². The molecule has 2 aromatic carbocycles. The van der Waals surface area contributed by atoms with Crippen molar-refractivity contribution < 1.29 is 18.8 Å². The van der Waals surface area contributed by atoms with Gasteiger partial charge in [-0.1, -0.05) is 29.3 Å². The highest BCUT2D eigenvalue weighted by Crippen LogP contribution is 2.21. The third-order valence-electron chi connectivity index (χ3n) is 3.73. The first-order chi connectivity index (χ1) is 13.9. The van der Waals surface area contributed by atoms with Crippen molar-refractivity contribution in [3.8, 4) is 0 Å². The summed E-state index contributed by atoms with van der Waals surface area (Å²) in [7, 11) is 0. The van der Waals surface area contributed by atoms with Gasteiger partial charge in [0.2, 0.25) is 5.91 Å². The maximum atomic E-state index is 12.1. The molecule has 29 heavy (non-hydrogen) atoms. The normalized spacial score (nSPS) is 10.3. The minimum atomic E-state index is -0.499. The highest BCUT2D eigenvalue weighted by molar-refractivity contribution is 6.36. The third kappa shape index (κ3) is 5.60. The Bertz CT molecular complexity index is 1050. The fourth-order valence-electron chi connectivity index (χ4n) is 2.41. The molecule has 3 amide bonds. The molecule has 7 nitrogen and oxygen atoms in total. The predicted molar refractivity (Wildman–Crippen MR) is 111 cm³/mol. The smallest absolute Gasteiger partial charge is 0.291 e. The molecule has 1 aromatic heterocycles. The Hall–Kier alpha value is -3.29. The van der Waals surface area contributed by atoms with Crippen LogP contribution >= 0.6 is 23.2 Å². The lowest BCUT2D eigenvalue weighted by molar-refractivity contribution is -0.115. The molecule has 0 spiro atoms. The SMILES string of the molecule is O=C(CNC(=O)c1ccc(Cl)cc1Cl)Nc1cccc(NC(=O)c2ccco2)c1. The van der Waals surface area contributed by atoms with Crippen LogP contribution in [-0.2, 0) is 4.79 Å². The summed E-state index contributed by atoms with van der Waals surface area (Å²) < 4.78 is 5.03. The molecule has 1 heterocycles. The number of rotatable bonds is 6. The molecule has 0 aliphatic heterocycles. The van der Waals surface area contributed by atoms with Crippen molar-refractivity contribution in [3.63, 3.8) is 0 Å². The Morgan fingerprint density at radius 1 is 0.862 bits per heavy atom. The molecule has 0 atom stereocenters. The minimum Gasteiger partial charge on any atom is -0.459 e. The highest BCUT2D eigenvalue weighted by atomic mass is 35.5. The number of furan rings is 1. The van der Waals surface area contributed by atoms with Gasteiger partial charge in [0, 0.05) is 16.4 Å². The Kier molecular flexibility index (Phi) is 6.54. The number of carbonyl (C=O) groups excluding carboxylic acids is 3. The Balaban J connectivity index is 1.55. The molecule has 0 saturated carbocycles. The standard InChI is InChI=1S/C20H15Cl2N3O4/c21-12-6-7-15(16(22)9-12)19(27)23-11-18(26)24-13-3-1-4-14(10-13)25-20(28)17-5-2-8-29-17/h1-10H,11H2,(H,23,27)(H,24,26)(H,25,28). The van der Waals surface area contributed by atoms with Crippen LogP contribution in [0, 0.1) is 0 Å². The number of amides is 3. The van der Waals surface area contributed by atoms with Crippen molar-refractivity contribution >= 4 is 52.3 Å². The maximum Gasteiger partial charge on any atom is 0.291 e. The van der Waals surface area contributed by atoms with Crippen molar-refractivity contribution in [2.45, 2.75) is 0 Å². The monoisotopic (exact) mass is 431 g/mol. The van der Waals surface area contributed by atoms with Crippen LogP contribution in [0.2, 0.25) is 10.0 Å². The average molecular weight is 432 g/mol. The Morgan fingerprint density at radius 2 is 1.62 bits per heavy atom. The van der Waals surface area contributed by atoms with E-state index in [4.69, 9.17) is 27.6 Å². The van der Waals surface area contributed by atoms with Crippen molar-refractivity contribution in [3.05, 3.63) is 82.2 Å². The summed E-state index contributed by atoms with van der Waals surface area (Å²) in [6.07, 6.45) is 1.40. The van der Waals surface area contributed by atoms with E-state index in [1.165, 1.54) is 30.5 Å². The lowest BCUT2D eigenvalue weighted by atomic mass is 10.2. The fourth-order valence-corrected chi connectivity index (χ4v) is 2.90. The topological polar surface area (TPSA) is 100 Å². The third-order valence-corrected chi connectivity index (χ3v) is 4.28. The fraction of sp³-hybridized carbons (Fsp3) is 0.0500. The molecule has 0 aliphatic carbocycles. The van der Waals surface area contributed by atoms with Crippen LogP contribution in [0.15, 0.2) is 65.3 Å². The lowest BCUT2D eigenvalue weighted by Gasteiger charge is -2.10. The number of hydrogen-bond acceptors (Lipinski definition) is 4. The molecule has 0 fully saturated rings. The molecule has 0 saturated heterocycles. The molecule has 3 rings (SSSR count). The summed E-state index contributed by atoms with van der Waals surface area (Å²) in [6.45, 7) is -0.263. The van der Waals surface area contributed by atoms with Crippen molar-refractivity contribution in [2.75, 3.05) is 17.2 Å². The predicted octanol–water partition coefficient (Wildman–Crippen LogP) is 4.21. The summed E-state index contributed by atoms with van der Waals surface area (Å²) in [5, 5.41) is 8.38. The first kappa shape index (κ1) is 20.4. The van der Waals surface area contributed by atoms with Gasteiger partial charge in [-0.05, 0) is 48.5 Å². The van der Waals surface area contributed by atoms with E-state index in [1.807, 2.05) is 0 Å². The van der Waals surface area contributed by atoms with E-state index in [1.54, 1.807) is 30.3 Å². The van der Waals surface area contributed by atoms with E-state index in [9.17, 15) is 14.4 Å². The molecule has 0 radical (unpaired) electrons. The highest BCUT2D eigenvalue weighted by Gasteiger charge is 2.13. The molecule has 0 unspecified atom stereocenters. The van der Waals surface area contributed by atoms with Gasteiger partial charge in [0.05, 0.1) is 23.4 Å². The summed E-state index contributed by atoms with van der Waals surface area (Å²) in [5.74, 6) is -1.19. The number of halogens is 2. The van der Waals surface area contributed by atoms with Gasteiger partial charge in [0.1, 0.15) is 0 Å². The zero-order valence-electron chi connectivity index (χ0n) is 14.9. The molecule has 3 aromatic rings. The van der Waals surface area contributed by atoms with Gasteiger partial charge >= 0.3 is 0 Å². The van der Waals surface area contributed by atoms with Crippen LogP contribution in [0.25, 0.3) is 0 Å². The van der Waals surface area contributed by atoms with Crippen LogP contribution in [-0.4, -0.2) is 24.3 Å². The summed E-state index contributed by atoms with van der Waals surface area (Å²) in [5.41, 5.74) is 1.14. The molecule has 0 aliphatic rings. The largest absolute Gasteiger partial charge is 0.459 e. The molecular formula is C20H15Cl2N3O4. The van der Waals surface area contributed by atoms with Crippen molar-refractivity contribution in [1.82, 2.24) is 5.32 Å². The first-order valence-electron chi connectivity index (χ1n) is 8.40. The Labute approximate surface area is 176 Å². The van der Waals surface area contributed by atoms with Crippen molar-refractivity contribution in [1.29, 1.82) is 0 Å².